The van der Waals surface area contributed by atoms with Crippen LogP contribution < -0.4 is 5.32 Å². The Labute approximate surface area is 113 Å². The Morgan fingerprint density at radius 1 is 1.44 bits per heavy atom. The van der Waals surface area contributed by atoms with Crippen molar-refractivity contribution in [3.05, 3.63) is 35.6 Å². The van der Waals surface area contributed by atoms with Crippen molar-refractivity contribution >= 4 is 18.2 Å². The van der Waals surface area contributed by atoms with E-state index in [2.05, 4.69) is 12.2 Å². The smallest absolute Gasteiger partial charge is 0.140 e. The van der Waals surface area contributed by atoms with Crippen molar-refractivity contribution in [1.29, 1.82) is 0 Å². The third-order valence-electron chi connectivity index (χ3n) is 3.52. The van der Waals surface area contributed by atoms with E-state index in [9.17, 15) is 9.18 Å². The number of nitrogens with one attached hydrogen (secondary N) is 1. The van der Waals surface area contributed by atoms with E-state index in [4.69, 9.17) is 0 Å². The van der Waals surface area contributed by atoms with Gasteiger partial charge in [-0.15, -0.1) is 12.4 Å². The van der Waals surface area contributed by atoms with Crippen molar-refractivity contribution in [2.75, 3.05) is 13.1 Å². The lowest BCUT2D eigenvalue weighted by atomic mass is 9.82. The molecular weight excluding hydrogens is 253 g/mol. The molecule has 100 valence electrons. The molecule has 2 atom stereocenters. The van der Waals surface area contributed by atoms with Crippen LogP contribution in [0.2, 0.25) is 0 Å². The first kappa shape index (κ1) is 15.1. The lowest BCUT2D eigenvalue weighted by Crippen LogP contribution is -2.39. The van der Waals surface area contributed by atoms with E-state index >= 15 is 0 Å². The summed E-state index contributed by atoms with van der Waals surface area (Å²) in [7, 11) is 0. The summed E-state index contributed by atoms with van der Waals surface area (Å²) in [6.07, 6.45) is 1.09. The quantitative estimate of drug-likeness (QED) is 0.916. The molecule has 0 spiro atoms. The molecule has 1 aliphatic rings. The minimum Gasteiger partial charge on any atom is -0.316 e. The predicted molar refractivity (Wildman–Crippen MR) is 72.5 cm³/mol. The fourth-order valence-corrected chi connectivity index (χ4v) is 2.45. The van der Waals surface area contributed by atoms with E-state index in [0.29, 0.717) is 11.5 Å². The number of carbonyl (C=O) groups excluding carboxylic acids is 1. The molecule has 0 saturated carbocycles. The van der Waals surface area contributed by atoms with Crippen molar-refractivity contribution in [3.8, 4) is 0 Å². The van der Waals surface area contributed by atoms with Crippen LogP contribution in [-0.2, 0) is 11.2 Å². The maximum atomic E-state index is 13.4. The topological polar surface area (TPSA) is 29.1 Å². The van der Waals surface area contributed by atoms with E-state index < -0.39 is 0 Å². The maximum Gasteiger partial charge on any atom is 0.140 e. The van der Waals surface area contributed by atoms with Crippen LogP contribution in [0.5, 0.6) is 0 Å². The Morgan fingerprint density at radius 3 is 2.83 bits per heavy atom. The normalized spacial score (nSPS) is 23.2. The van der Waals surface area contributed by atoms with E-state index in [0.717, 1.165) is 19.5 Å². The summed E-state index contributed by atoms with van der Waals surface area (Å²) in [6, 6.07) is 6.53. The average Bonchev–Trinajstić information content (AvgIpc) is 2.32. The fourth-order valence-electron chi connectivity index (χ4n) is 2.45. The Bertz CT molecular complexity index is 411. The van der Waals surface area contributed by atoms with Gasteiger partial charge in [0.05, 0.1) is 0 Å². The molecule has 18 heavy (non-hydrogen) atoms. The van der Waals surface area contributed by atoms with Gasteiger partial charge in [0.1, 0.15) is 11.6 Å². The summed E-state index contributed by atoms with van der Waals surface area (Å²) in [5.74, 6) is 0.324. The first-order valence-corrected chi connectivity index (χ1v) is 6.15. The number of piperidine rings is 1. The van der Waals surface area contributed by atoms with Crippen LogP contribution in [0.1, 0.15) is 18.9 Å². The summed E-state index contributed by atoms with van der Waals surface area (Å²) in [5.41, 5.74) is 0.517. The molecule has 1 fully saturated rings. The molecule has 0 aromatic heterocycles. The Balaban J connectivity index is 0.00000162. The molecule has 1 heterocycles. The molecule has 1 N–H and O–H groups in total. The molecule has 0 radical (unpaired) electrons. The minimum atomic E-state index is -0.276. The first-order valence-electron chi connectivity index (χ1n) is 6.15. The van der Waals surface area contributed by atoms with E-state index in [1.54, 1.807) is 18.2 Å². The number of hydrogen-bond acceptors (Lipinski definition) is 2. The number of hydrogen-bond donors (Lipinski definition) is 1. The third-order valence-corrected chi connectivity index (χ3v) is 3.52. The maximum absolute atomic E-state index is 13.4. The summed E-state index contributed by atoms with van der Waals surface area (Å²) < 4.78 is 13.4. The fraction of sp³-hybridized carbons (Fsp3) is 0.500. The molecular formula is C14H19ClFNO. The second kappa shape index (κ2) is 6.86. The molecule has 1 saturated heterocycles. The van der Waals surface area contributed by atoms with E-state index in [-0.39, 0.29) is 36.3 Å². The molecule has 0 amide bonds. The molecule has 1 aromatic carbocycles. The third kappa shape index (κ3) is 3.53. The summed E-state index contributed by atoms with van der Waals surface area (Å²) in [4.78, 5) is 12.1. The standard InChI is InChI=1S/C14H18FNO.ClH/c1-10-9-16-7-6-12(10)14(17)8-11-4-2-3-5-13(11)15;/h2-5,10,12,16H,6-9H2,1H3;1H/t10-,12-;/m0./s1. The number of carbonyl (C=O) groups is 1. The molecule has 1 aromatic rings. The second-order valence-corrected chi connectivity index (χ2v) is 4.81. The number of rotatable bonds is 3. The van der Waals surface area contributed by atoms with E-state index in [1.165, 1.54) is 6.07 Å². The van der Waals surface area contributed by atoms with Crippen LogP contribution in [0, 0.1) is 17.7 Å². The van der Waals surface area contributed by atoms with Crippen LogP contribution in [0.4, 0.5) is 4.39 Å². The zero-order chi connectivity index (χ0) is 12.3. The van der Waals surface area contributed by atoms with Crippen LogP contribution in [0.3, 0.4) is 0 Å². The van der Waals surface area contributed by atoms with Gasteiger partial charge in [-0.05, 0) is 37.1 Å². The van der Waals surface area contributed by atoms with Gasteiger partial charge in [-0.1, -0.05) is 25.1 Å². The molecule has 2 rings (SSSR count). The largest absolute Gasteiger partial charge is 0.316 e. The Hall–Kier alpha value is -0.930. The zero-order valence-corrected chi connectivity index (χ0v) is 11.3. The molecule has 0 aliphatic carbocycles. The Kier molecular flexibility index (Phi) is 5.76. The highest BCUT2D eigenvalue weighted by Crippen LogP contribution is 2.22. The molecule has 2 nitrogen and oxygen atoms in total. The summed E-state index contributed by atoms with van der Waals surface area (Å²) in [6.45, 7) is 3.85. The molecule has 1 aliphatic heterocycles. The highest BCUT2D eigenvalue weighted by molar-refractivity contribution is 5.85. The van der Waals surface area contributed by atoms with Gasteiger partial charge in [-0.3, -0.25) is 4.79 Å². The number of halogens is 2. The summed E-state index contributed by atoms with van der Waals surface area (Å²) >= 11 is 0. The molecule has 4 heteroatoms. The zero-order valence-electron chi connectivity index (χ0n) is 10.5. The minimum absolute atomic E-state index is 0. The van der Waals surface area contributed by atoms with Crippen LogP contribution in [-0.4, -0.2) is 18.9 Å². The summed E-state index contributed by atoms with van der Waals surface area (Å²) in [5, 5.41) is 3.27. The Morgan fingerprint density at radius 2 is 2.17 bits per heavy atom. The van der Waals surface area contributed by atoms with Crippen LogP contribution >= 0.6 is 12.4 Å². The second-order valence-electron chi connectivity index (χ2n) is 4.81. The van der Waals surface area contributed by atoms with Crippen molar-refractivity contribution in [2.45, 2.75) is 19.8 Å². The lowest BCUT2D eigenvalue weighted by molar-refractivity contribution is -0.124. The predicted octanol–water partition coefficient (Wildman–Crippen LogP) is 2.60. The number of benzene rings is 1. The van der Waals surface area contributed by atoms with Gasteiger partial charge in [0.15, 0.2) is 0 Å². The van der Waals surface area contributed by atoms with Gasteiger partial charge in [0, 0.05) is 12.3 Å². The van der Waals surface area contributed by atoms with Gasteiger partial charge in [-0.2, -0.15) is 0 Å². The van der Waals surface area contributed by atoms with Crippen LogP contribution in [0.15, 0.2) is 24.3 Å². The number of Topliss-reactive ketones (excluding diaryl/α,β-unsaturated/α-hetero) is 1. The van der Waals surface area contributed by atoms with Crippen LogP contribution in [0.25, 0.3) is 0 Å². The first-order chi connectivity index (χ1) is 8.18. The van der Waals surface area contributed by atoms with Crippen molar-refractivity contribution < 1.29 is 9.18 Å². The van der Waals surface area contributed by atoms with Gasteiger partial charge >= 0.3 is 0 Å². The molecule has 0 bridgehead atoms. The highest BCUT2D eigenvalue weighted by atomic mass is 35.5. The van der Waals surface area contributed by atoms with E-state index in [1.807, 2.05) is 0 Å². The van der Waals surface area contributed by atoms with Gasteiger partial charge in [0.25, 0.3) is 0 Å². The van der Waals surface area contributed by atoms with Gasteiger partial charge in [-0.25, -0.2) is 4.39 Å². The molecule has 0 unspecified atom stereocenters. The van der Waals surface area contributed by atoms with Crippen molar-refractivity contribution in [2.24, 2.45) is 11.8 Å². The number of ketones is 1. The van der Waals surface area contributed by atoms with Crippen molar-refractivity contribution in [3.63, 3.8) is 0 Å². The average molecular weight is 272 g/mol. The lowest BCUT2D eigenvalue weighted by Gasteiger charge is -2.28. The monoisotopic (exact) mass is 271 g/mol. The highest BCUT2D eigenvalue weighted by Gasteiger charge is 2.27. The van der Waals surface area contributed by atoms with Crippen molar-refractivity contribution in [1.82, 2.24) is 5.32 Å². The van der Waals surface area contributed by atoms with Gasteiger partial charge in [0.2, 0.25) is 0 Å². The SMILES string of the molecule is C[C@H]1CNCC[C@@H]1C(=O)Cc1ccccc1F.Cl. The van der Waals surface area contributed by atoms with Gasteiger partial charge < -0.3 is 5.32 Å².